The average Bonchev–Trinajstić information content (AvgIpc) is 2.37. The molecular weight excluding hydrogens is 238 g/mol. The lowest BCUT2D eigenvalue weighted by atomic mass is 10.2. The Morgan fingerprint density at radius 3 is 2.86 bits per heavy atom. The summed E-state index contributed by atoms with van der Waals surface area (Å²) >= 11 is 6.68. The van der Waals surface area contributed by atoms with Crippen LogP contribution in [0.1, 0.15) is 13.8 Å². The molecule has 14 heavy (non-hydrogen) atoms. The Balaban J connectivity index is 2.41. The second kappa shape index (κ2) is 3.21. The van der Waals surface area contributed by atoms with E-state index in [0.717, 1.165) is 10.0 Å². The van der Waals surface area contributed by atoms with Crippen LogP contribution in [0, 0.1) is 0 Å². The predicted octanol–water partition coefficient (Wildman–Crippen LogP) is 1.37. The first-order chi connectivity index (χ1) is 6.41. The lowest BCUT2D eigenvalue weighted by molar-refractivity contribution is 0.440. The molecule has 2 aliphatic heterocycles. The molecule has 2 heterocycles. The van der Waals surface area contributed by atoms with Crippen molar-refractivity contribution < 1.29 is 8.42 Å². The van der Waals surface area contributed by atoms with E-state index in [1.165, 1.54) is 17.2 Å². The minimum Gasteiger partial charge on any atom is -0.327 e. The molecule has 0 aromatic heterocycles. The van der Waals surface area contributed by atoms with Crippen LogP contribution in [0.5, 0.6) is 0 Å². The van der Waals surface area contributed by atoms with Gasteiger partial charge in [-0.3, -0.25) is 0 Å². The number of nitrogens with zero attached hydrogens (tertiary/aromatic N) is 1. The lowest BCUT2D eigenvalue weighted by Crippen LogP contribution is -2.29. The van der Waals surface area contributed by atoms with Gasteiger partial charge in [-0.2, -0.15) is 0 Å². The molecule has 0 N–H and O–H groups in total. The minimum absolute atomic E-state index is 0.0369. The van der Waals surface area contributed by atoms with Crippen molar-refractivity contribution in [3.63, 3.8) is 0 Å². The third-order valence-corrected chi connectivity index (χ3v) is 5.43. The van der Waals surface area contributed by atoms with Gasteiger partial charge in [0.15, 0.2) is 9.84 Å². The van der Waals surface area contributed by atoms with Crippen LogP contribution >= 0.6 is 24.0 Å². The maximum atomic E-state index is 11.4. The fraction of sp³-hybridized carbons (Fsp3) is 0.625. The van der Waals surface area contributed by atoms with E-state index in [0.29, 0.717) is 0 Å². The molecule has 2 aliphatic rings. The number of rotatable bonds is 1. The van der Waals surface area contributed by atoms with Crippen LogP contribution in [-0.2, 0) is 9.84 Å². The molecule has 2 rings (SSSR count). The Kier molecular flexibility index (Phi) is 2.40. The van der Waals surface area contributed by atoms with Gasteiger partial charge in [-0.05, 0) is 13.8 Å². The van der Waals surface area contributed by atoms with Gasteiger partial charge in [0, 0.05) is 11.7 Å². The molecular formula is C8H11NO2S3. The second-order valence-electron chi connectivity index (χ2n) is 3.71. The Morgan fingerprint density at radius 2 is 2.29 bits per heavy atom. The normalized spacial score (nSPS) is 29.6. The first kappa shape index (κ1) is 10.4. The van der Waals surface area contributed by atoms with Crippen LogP contribution in [0.4, 0.5) is 0 Å². The van der Waals surface area contributed by atoms with Crippen molar-refractivity contribution in [3.8, 4) is 0 Å². The van der Waals surface area contributed by atoms with Crippen LogP contribution in [-0.4, -0.2) is 34.7 Å². The van der Waals surface area contributed by atoms with Gasteiger partial charge in [0.2, 0.25) is 0 Å². The van der Waals surface area contributed by atoms with Crippen molar-refractivity contribution in [3.05, 3.63) is 11.1 Å². The Labute approximate surface area is 93.5 Å². The van der Waals surface area contributed by atoms with Gasteiger partial charge < -0.3 is 4.90 Å². The molecule has 0 unspecified atom stereocenters. The highest BCUT2D eigenvalue weighted by atomic mass is 32.2. The van der Waals surface area contributed by atoms with Crippen LogP contribution in [0.15, 0.2) is 11.1 Å². The number of hydrogen-bond acceptors (Lipinski definition) is 4. The topological polar surface area (TPSA) is 37.4 Å². The van der Waals surface area contributed by atoms with Gasteiger partial charge in [0.1, 0.15) is 4.32 Å². The van der Waals surface area contributed by atoms with E-state index in [4.69, 9.17) is 12.2 Å². The monoisotopic (exact) mass is 249 g/mol. The molecule has 0 amide bonds. The van der Waals surface area contributed by atoms with E-state index in [1.54, 1.807) is 0 Å². The zero-order chi connectivity index (χ0) is 10.5. The summed E-state index contributed by atoms with van der Waals surface area (Å²) in [5, 5.41) is 1.42. The van der Waals surface area contributed by atoms with Crippen LogP contribution in [0.3, 0.4) is 0 Å². The van der Waals surface area contributed by atoms with Crippen molar-refractivity contribution >= 4 is 38.1 Å². The summed E-state index contributed by atoms with van der Waals surface area (Å²) in [5.74, 6) is 0.205. The van der Waals surface area contributed by atoms with Gasteiger partial charge in [-0.1, -0.05) is 24.0 Å². The van der Waals surface area contributed by atoms with Gasteiger partial charge >= 0.3 is 0 Å². The smallest absolute Gasteiger partial charge is 0.174 e. The fourth-order valence-electron chi connectivity index (χ4n) is 1.70. The van der Waals surface area contributed by atoms with Crippen LogP contribution in [0.25, 0.3) is 0 Å². The summed E-state index contributed by atoms with van der Waals surface area (Å²) in [7, 11) is -2.98. The van der Waals surface area contributed by atoms with Gasteiger partial charge in [-0.25, -0.2) is 8.42 Å². The zero-order valence-electron chi connectivity index (χ0n) is 7.93. The minimum atomic E-state index is -2.98. The molecule has 0 aromatic carbocycles. The summed E-state index contributed by atoms with van der Waals surface area (Å²) in [6, 6.07) is 0.236. The SMILES string of the molecule is CC(C)N1C(=S)S[C@@H]2CS(=O)(=O)C=C21. The van der Waals surface area contributed by atoms with Crippen LogP contribution in [0.2, 0.25) is 0 Å². The van der Waals surface area contributed by atoms with Crippen molar-refractivity contribution in [1.29, 1.82) is 0 Å². The van der Waals surface area contributed by atoms with Crippen molar-refractivity contribution in [2.45, 2.75) is 25.1 Å². The Morgan fingerprint density at radius 1 is 1.64 bits per heavy atom. The number of thioether (sulfide) groups is 1. The average molecular weight is 249 g/mol. The summed E-state index contributed by atoms with van der Waals surface area (Å²) in [5.41, 5.74) is 0.870. The van der Waals surface area contributed by atoms with Crippen molar-refractivity contribution in [2.75, 3.05) is 5.75 Å². The molecule has 0 radical (unpaired) electrons. The number of sulfone groups is 1. The third-order valence-electron chi connectivity index (χ3n) is 2.25. The van der Waals surface area contributed by atoms with E-state index < -0.39 is 9.84 Å². The first-order valence-corrected chi connectivity index (χ1v) is 7.35. The maximum Gasteiger partial charge on any atom is 0.174 e. The highest BCUT2D eigenvalue weighted by Gasteiger charge is 2.42. The fourth-order valence-corrected chi connectivity index (χ4v) is 5.61. The van der Waals surface area contributed by atoms with E-state index in [9.17, 15) is 8.42 Å². The summed E-state index contributed by atoms with van der Waals surface area (Å²) in [6.45, 7) is 4.03. The molecule has 1 saturated heterocycles. The summed E-state index contributed by atoms with van der Waals surface area (Å²) in [4.78, 5) is 1.94. The lowest BCUT2D eigenvalue weighted by Gasteiger charge is -2.22. The molecule has 0 bridgehead atoms. The zero-order valence-corrected chi connectivity index (χ0v) is 10.4. The van der Waals surface area contributed by atoms with Gasteiger partial charge in [-0.15, -0.1) is 0 Å². The molecule has 78 valence electrons. The molecule has 1 fully saturated rings. The molecule has 6 heteroatoms. The molecule has 0 spiro atoms. The highest BCUT2D eigenvalue weighted by Crippen LogP contribution is 2.41. The highest BCUT2D eigenvalue weighted by molar-refractivity contribution is 8.24. The van der Waals surface area contributed by atoms with E-state index in [1.807, 2.05) is 18.7 Å². The van der Waals surface area contributed by atoms with E-state index in [-0.39, 0.29) is 17.0 Å². The standard InChI is InChI=1S/C8H11NO2S3/c1-5(2)9-6-3-14(10,11)4-7(6)13-8(9)12/h3,5,7H,4H2,1-2H3/t7-/m1/s1. The van der Waals surface area contributed by atoms with Crippen molar-refractivity contribution in [1.82, 2.24) is 4.90 Å². The molecule has 3 nitrogen and oxygen atoms in total. The van der Waals surface area contributed by atoms with Gasteiger partial charge in [0.05, 0.1) is 16.4 Å². The van der Waals surface area contributed by atoms with E-state index >= 15 is 0 Å². The van der Waals surface area contributed by atoms with Crippen LogP contribution < -0.4 is 0 Å². The predicted molar refractivity (Wildman–Crippen MR) is 62.8 cm³/mol. The van der Waals surface area contributed by atoms with Crippen molar-refractivity contribution in [2.24, 2.45) is 0 Å². The molecule has 1 atom stereocenters. The Hall–Kier alpha value is -0.0700. The number of hydrogen-bond donors (Lipinski definition) is 0. The first-order valence-electron chi connectivity index (χ1n) is 4.35. The molecule has 0 saturated carbocycles. The quantitative estimate of drug-likeness (QED) is 0.656. The number of thiocarbonyl (C=S) groups is 1. The second-order valence-corrected chi connectivity index (χ2v) is 7.44. The summed E-state index contributed by atoms with van der Waals surface area (Å²) < 4.78 is 23.5. The van der Waals surface area contributed by atoms with E-state index in [2.05, 4.69) is 0 Å². The van der Waals surface area contributed by atoms with Gasteiger partial charge in [0.25, 0.3) is 0 Å². The summed E-state index contributed by atoms with van der Waals surface area (Å²) in [6.07, 6.45) is 0. The Bertz CT molecular complexity index is 410. The molecule has 0 aliphatic carbocycles. The molecule has 0 aromatic rings. The maximum absolute atomic E-state index is 11.4. The third kappa shape index (κ3) is 1.59. The largest absolute Gasteiger partial charge is 0.327 e. The number of fused-ring (bicyclic) bond motifs is 1.